The normalized spacial score (nSPS) is 28.4. The molecule has 91 valence electrons. The smallest absolute Gasteiger partial charge is 0.126 e. The highest BCUT2D eigenvalue weighted by atomic mass is 35.5. The summed E-state index contributed by atoms with van der Waals surface area (Å²) in [5.74, 6) is -1.35. The molecule has 1 heterocycles. The predicted octanol–water partition coefficient (Wildman–Crippen LogP) is 3.04. The molecule has 1 saturated heterocycles. The van der Waals surface area contributed by atoms with Crippen molar-refractivity contribution in [1.82, 2.24) is 5.48 Å². The second-order valence-corrected chi connectivity index (χ2v) is 4.47. The summed E-state index contributed by atoms with van der Waals surface area (Å²) in [7, 11) is 0. The number of halogens is 3. The van der Waals surface area contributed by atoms with E-state index in [9.17, 15) is 8.78 Å². The SMILES string of the molecule is [CH2]C1CC(C(=C)Cl)(c2cc(F)cc(F)c2)NO1. The van der Waals surface area contributed by atoms with Crippen LogP contribution in [-0.4, -0.2) is 6.10 Å². The Bertz CT molecular complexity index is 446. The van der Waals surface area contributed by atoms with Gasteiger partial charge in [0.2, 0.25) is 0 Å². The van der Waals surface area contributed by atoms with Crippen LogP contribution in [0.25, 0.3) is 0 Å². The van der Waals surface area contributed by atoms with E-state index >= 15 is 0 Å². The standard InChI is InChI=1S/C12H11ClF2NO/c1-7-6-12(8(2)13,16-17-7)9-3-10(14)5-11(15)4-9/h3-5,7,16H,1-2,6H2. The molecule has 1 fully saturated rings. The Labute approximate surface area is 103 Å². The third-order valence-corrected chi connectivity index (χ3v) is 3.07. The molecule has 5 heteroatoms. The van der Waals surface area contributed by atoms with E-state index in [0.29, 0.717) is 12.0 Å². The first kappa shape index (κ1) is 12.5. The molecule has 1 aliphatic rings. The lowest BCUT2D eigenvalue weighted by Crippen LogP contribution is -2.36. The summed E-state index contributed by atoms with van der Waals surface area (Å²) in [4.78, 5) is 5.11. The van der Waals surface area contributed by atoms with Crippen LogP contribution in [-0.2, 0) is 10.4 Å². The Morgan fingerprint density at radius 1 is 1.41 bits per heavy atom. The van der Waals surface area contributed by atoms with Crippen LogP contribution in [0.3, 0.4) is 0 Å². The van der Waals surface area contributed by atoms with E-state index in [1.807, 2.05) is 0 Å². The quantitative estimate of drug-likeness (QED) is 0.880. The average Bonchev–Trinajstić information content (AvgIpc) is 2.60. The van der Waals surface area contributed by atoms with Crippen molar-refractivity contribution in [2.75, 3.05) is 0 Å². The molecule has 0 saturated carbocycles. The maximum absolute atomic E-state index is 13.2. The summed E-state index contributed by atoms with van der Waals surface area (Å²) in [6.07, 6.45) is -0.00470. The molecular formula is C12H11ClF2NO. The minimum Gasteiger partial charge on any atom is -0.297 e. The lowest BCUT2D eigenvalue weighted by atomic mass is 9.86. The maximum atomic E-state index is 13.2. The Balaban J connectivity index is 2.50. The van der Waals surface area contributed by atoms with E-state index in [1.165, 1.54) is 12.1 Å². The molecule has 1 N–H and O–H groups in total. The van der Waals surface area contributed by atoms with E-state index in [2.05, 4.69) is 19.0 Å². The van der Waals surface area contributed by atoms with E-state index in [4.69, 9.17) is 16.4 Å². The van der Waals surface area contributed by atoms with Crippen molar-refractivity contribution >= 4 is 11.6 Å². The van der Waals surface area contributed by atoms with Gasteiger partial charge in [0, 0.05) is 17.5 Å². The van der Waals surface area contributed by atoms with Crippen molar-refractivity contribution in [3.8, 4) is 0 Å². The first-order valence-electron chi connectivity index (χ1n) is 5.01. The Hall–Kier alpha value is -0.970. The average molecular weight is 259 g/mol. The molecule has 1 aromatic rings. The zero-order valence-corrected chi connectivity index (χ0v) is 9.73. The molecule has 0 spiro atoms. The van der Waals surface area contributed by atoms with Crippen LogP contribution >= 0.6 is 11.6 Å². The molecular weight excluding hydrogens is 248 g/mol. The third-order valence-electron chi connectivity index (χ3n) is 2.75. The van der Waals surface area contributed by atoms with Gasteiger partial charge < -0.3 is 0 Å². The van der Waals surface area contributed by atoms with Crippen LogP contribution in [0.2, 0.25) is 0 Å². The molecule has 2 nitrogen and oxygen atoms in total. The summed E-state index contributed by atoms with van der Waals surface area (Å²) in [5.41, 5.74) is 1.99. The van der Waals surface area contributed by atoms with E-state index in [0.717, 1.165) is 6.07 Å². The molecule has 1 aromatic carbocycles. The molecule has 1 aliphatic heterocycles. The highest BCUT2D eigenvalue weighted by molar-refractivity contribution is 6.30. The zero-order valence-electron chi connectivity index (χ0n) is 8.97. The van der Waals surface area contributed by atoms with Crippen molar-refractivity contribution in [3.05, 3.63) is 53.9 Å². The summed E-state index contributed by atoms with van der Waals surface area (Å²) >= 11 is 5.94. The maximum Gasteiger partial charge on any atom is 0.126 e. The number of hydrogen-bond acceptors (Lipinski definition) is 2. The fourth-order valence-electron chi connectivity index (χ4n) is 1.91. The monoisotopic (exact) mass is 258 g/mol. The minimum absolute atomic E-state index is 0.202. The lowest BCUT2D eigenvalue weighted by molar-refractivity contribution is 0.0376. The van der Waals surface area contributed by atoms with E-state index in [-0.39, 0.29) is 11.1 Å². The van der Waals surface area contributed by atoms with Crippen LogP contribution in [0.4, 0.5) is 8.78 Å². The highest BCUT2D eigenvalue weighted by Gasteiger charge is 2.42. The fourth-order valence-corrected chi connectivity index (χ4v) is 2.13. The van der Waals surface area contributed by atoms with Crippen LogP contribution in [0.15, 0.2) is 29.8 Å². The number of benzene rings is 1. The molecule has 0 amide bonds. The van der Waals surface area contributed by atoms with Gasteiger partial charge in [-0.25, -0.2) is 8.78 Å². The molecule has 0 bridgehead atoms. The van der Waals surface area contributed by atoms with Crippen molar-refractivity contribution in [2.24, 2.45) is 0 Å². The van der Waals surface area contributed by atoms with Gasteiger partial charge >= 0.3 is 0 Å². The first-order chi connectivity index (χ1) is 7.94. The Morgan fingerprint density at radius 2 is 2.00 bits per heavy atom. The van der Waals surface area contributed by atoms with Crippen LogP contribution in [0.1, 0.15) is 12.0 Å². The van der Waals surface area contributed by atoms with Gasteiger partial charge in [0.25, 0.3) is 0 Å². The number of hydroxylamine groups is 1. The lowest BCUT2D eigenvalue weighted by Gasteiger charge is -2.27. The number of nitrogens with one attached hydrogen (secondary N) is 1. The van der Waals surface area contributed by atoms with Gasteiger partial charge in [-0.05, 0) is 24.6 Å². The van der Waals surface area contributed by atoms with Crippen LogP contribution in [0, 0.1) is 18.6 Å². The molecule has 2 atom stereocenters. The van der Waals surface area contributed by atoms with E-state index < -0.39 is 17.2 Å². The summed E-state index contributed by atoms with van der Waals surface area (Å²) in [5, 5.41) is 0.202. The van der Waals surface area contributed by atoms with Crippen molar-refractivity contribution in [2.45, 2.75) is 18.1 Å². The first-order valence-corrected chi connectivity index (χ1v) is 5.39. The molecule has 17 heavy (non-hydrogen) atoms. The van der Waals surface area contributed by atoms with Gasteiger partial charge in [-0.2, -0.15) is 5.48 Å². The molecule has 0 aromatic heterocycles. The minimum atomic E-state index is -1.00. The Morgan fingerprint density at radius 3 is 2.41 bits per heavy atom. The summed E-state index contributed by atoms with van der Waals surface area (Å²) in [6.45, 7) is 7.34. The van der Waals surface area contributed by atoms with Crippen molar-refractivity contribution in [3.63, 3.8) is 0 Å². The summed E-state index contributed by atoms with van der Waals surface area (Å²) < 4.78 is 26.4. The molecule has 2 unspecified atom stereocenters. The van der Waals surface area contributed by atoms with Crippen molar-refractivity contribution in [1.29, 1.82) is 0 Å². The van der Waals surface area contributed by atoms with Gasteiger partial charge in [0.1, 0.15) is 17.2 Å². The van der Waals surface area contributed by atoms with Crippen molar-refractivity contribution < 1.29 is 13.6 Å². The highest BCUT2D eigenvalue weighted by Crippen LogP contribution is 2.40. The second kappa shape index (κ2) is 4.37. The largest absolute Gasteiger partial charge is 0.297 e. The van der Waals surface area contributed by atoms with Gasteiger partial charge in [-0.1, -0.05) is 18.2 Å². The number of rotatable bonds is 2. The summed E-state index contributed by atoms with van der Waals surface area (Å²) in [6, 6.07) is 3.20. The second-order valence-electron chi connectivity index (χ2n) is 4.01. The third kappa shape index (κ3) is 2.20. The zero-order chi connectivity index (χ0) is 12.6. The molecule has 1 radical (unpaired) electrons. The molecule has 0 aliphatic carbocycles. The Kier molecular flexibility index (Phi) is 3.21. The van der Waals surface area contributed by atoms with Gasteiger partial charge in [-0.15, -0.1) is 0 Å². The fraction of sp³-hybridized carbons (Fsp3) is 0.250. The molecule has 2 rings (SSSR count). The van der Waals surface area contributed by atoms with E-state index in [1.54, 1.807) is 0 Å². The van der Waals surface area contributed by atoms with Crippen LogP contribution < -0.4 is 5.48 Å². The van der Waals surface area contributed by atoms with Gasteiger partial charge in [0.15, 0.2) is 0 Å². The predicted molar refractivity (Wildman–Crippen MR) is 61.0 cm³/mol. The van der Waals surface area contributed by atoms with Gasteiger partial charge in [-0.3, -0.25) is 4.84 Å². The van der Waals surface area contributed by atoms with Crippen LogP contribution in [0.5, 0.6) is 0 Å². The topological polar surface area (TPSA) is 21.3 Å². The van der Waals surface area contributed by atoms with Gasteiger partial charge in [0.05, 0.1) is 6.10 Å². The number of hydrogen-bond donors (Lipinski definition) is 1.